The molecule has 0 unspecified atom stereocenters. The summed E-state index contributed by atoms with van der Waals surface area (Å²) in [6.07, 6.45) is 2.42. The van der Waals surface area contributed by atoms with E-state index in [9.17, 15) is 4.79 Å². The first-order valence-corrected chi connectivity index (χ1v) is 6.86. The Hall–Kier alpha value is -1.73. The van der Waals surface area contributed by atoms with E-state index in [1.165, 1.54) is 18.4 Å². The van der Waals surface area contributed by atoms with E-state index in [0.29, 0.717) is 25.1 Å². The molecule has 3 rings (SSSR count). The molecule has 3 heterocycles. The quantitative estimate of drug-likeness (QED) is 0.790. The number of nitrogens with two attached hydrogens (primary N) is 1. The molecule has 0 radical (unpaired) electrons. The minimum absolute atomic E-state index is 0.0120. The molecule has 0 spiro atoms. The van der Waals surface area contributed by atoms with Crippen LogP contribution in [0.25, 0.3) is 0 Å². The molecule has 0 amide bonds. The molecule has 1 aromatic heterocycles. The zero-order valence-corrected chi connectivity index (χ0v) is 11.3. The van der Waals surface area contributed by atoms with Gasteiger partial charge in [-0.05, 0) is 0 Å². The monoisotopic (exact) mass is 278 g/mol. The molecular weight excluding hydrogens is 264 g/mol. The number of aromatic nitrogens is 1. The fraction of sp³-hybridized carbons (Fsp3) is 0.417. The number of carbonyl (C=O) groups is 1. The molecule has 100 valence electrons. The second-order valence-corrected chi connectivity index (χ2v) is 5.36. The van der Waals surface area contributed by atoms with E-state index in [1.807, 2.05) is 10.3 Å². The standard InChI is InChI=1S/C12H14N4O2S/c1-18-12(17)8-5-15-10(11-14-2-3-19-11)16-6-7(13)4-9(8)16/h2-3,7H,4-6,13H2,1H3/t7-/m0/s1. The number of ether oxygens (including phenoxy) is 1. The van der Waals surface area contributed by atoms with Crippen LogP contribution in [0, 0.1) is 0 Å². The molecule has 1 atom stereocenters. The van der Waals surface area contributed by atoms with E-state index < -0.39 is 0 Å². The lowest BCUT2D eigenvalue weighted by Crippen LogP contribution is -2.35. The predicted octanol–water partition coefficient (Wildman–Crippen LogP) is 0.363. The Morgan fingerprint density at radius 1 is 1.63 bits per heavy atom. The van der Waals surface area contributed by atoms with Crippen LogP contribution in [0.2, 0.25) is 0 Å². The summed E-state index contributed by atoms with van der Waals surface area (Å²) in [6, 6.07) is 0.0120. The number of hydrogen-bond acceptors (Lipinski definition) is 7. The average Bonchev–Trinajstić information content (AvgIpc) is 3.04. The van der Waals surface area contributed by atoms with Crippen molar-refractivity contribution in [3.8, 4) is 0 Å². The van der Waals surface area contributed by atoms with Gasteiger partial charge < -0.3 is 15.4 Å². The zero-order valence-electron chi connectivity index (χ0n) is 10.5. The van der Waals surface area contributed by atoms with E-state index in [-0.39, 0.29) is 12.0 Å². The number of thiazole rings is 1. The second-order valence-electron chi connectivity index (χ2n) is 4.47. The lowest BCUT2D eigenvalue weighted by atomic mass is 10.1. The van der Waals surface area contributed by atoms with E-state index in [1.54, 1.807) is 6.20 Å². The van der Waals surface area contributed by atoms with Crippen molar-refractivity contribution in [3.63, 3.8) is 0 Å². The summed E-state index contributed by atoms with van der Waals surface area (Å²) in [6.45, 7) is 0.994. The van der Waals surface area contributed by atoms with Gasteiger partial charge in [0.05, 0.1) is 19.2 Å². The maximum atomic E-state index is 11.8. The maximum Gasteiger partial charge on any atom is 0.337 e. The fourth-order valence-corrected chi connectivity index (χ4v) is 3.07. The number of nitrogens with zero attached hydrogens (tertiary/aromatic N) is 3. The summed E-state index contributed by atoms with van der Waals surface area (Å²) in [4.78, 5) is 22.5. The smallest absolute Gasteiger partial charge is 0.337 e. The molecule has 0 aromatic carbocycles. The third-order valence-corrected chi connectivity index (χ3v) is 4.01. The molecule has 1 fully saturated rings. The van der Waals surface area contributed by atoms with Gasteiger partial charge in [0, 0.05) is 36.3 Å². The highest BCUT2D eigenvalue weighted by molar-refractivity contribution is 7.11. The summed E-state index contributed by atoms with van der Waals surface area (Å²) in [7, 11) is 1.38. The first-order chi connectivity index (χ1) is 9.20. The number of hydrogen-bond donors (Lipinski definition) is 1. The lowest BCUT2D eigenvalue weighted by Gasteiger charge is -2.26. The molecule has 6 nitrogen and oxygen atoms in total. The summed E-state index contributed by atoms with van der Waals surface area (Å²) in [5.74, 6) is 0.488. The van der Waals surface area contributed by atoms with Crippen molar-refractivity contribution in [1.29, 1.82) is 0 Å². The lowest BCUT2D eigenvalue weighted by molar-refractivity contribution is -0.136. The Morgan fingerprint density at radius 3 is 3.16 bits per heavy atom. The minimum atomic E-state index is -0.323. The van der Waals surface area contributed by atoms with Crippen molar-refractivity contribution in [2.75, 3.05) is 20.2 Å². The van der Waals surface area contributed by atoms with Crippen LogP contribution in [0.5, 0.6) is 0 Å². The predicted molar refractivity (Wildman–Crippen MR) is 71.9 cm³/mol. The normalized spacial score (nSPS) is 22.3. The van der Waals surface area contributed by atoms with E-state index in [2.05, 4.69) is 9.98 Å². The van der Waals surface area contributed by atoms with Crippen LogP contribution in [-0.4, -0.2) is 47.9 Å². The van der Waals surface area contributed by atoms with Crippen molar-refractivity contribution in [2.24, 2.45) is 10.7 Å². The number of esters is 1. The molecule has 2 aliphatic heterocycles. The van der Waals surface area contributed by atoms with Crippen molar-refractivity contribution >= 4 is 23.1 Å². The molecule has 1 saturated heterocycles. The summed E-state index contributed by atoms with van der Waals surface area (Å²) >= 11 is 1.53. The van der Waals surface area contributed by atoms with Crippen LogP contribution < -0.4 is 5.73 Å². The van der Waals surface area contributed by atoms with Gasteiger partial charge in [-0.3, -0.25) is 4.99 Å². The van der Waals surface area contributed by atoms with Crippen LogP contribution in [0.3, 0.4) is 0 Å². The van der Waals surface area contributed by atoms with E-state index in [4.69, 9.17) is 10.5 Å². The molecule has 7 heteroatoms. The van der Waals surface area contributed by atoms with E-state index >= 15 is 0 Å². The van der Waals surface area contributed by atoms with Gasteiger partial charge in [-0.2, -0.15) is 0 Å². The van der Waals surface area contributed by atoms with Gasteiger partial charge in [-0.25, -0.2) is 9.78 Å². The van der Waals surface area contributed by atoms with Crippen LogP contribution >= 0.6 is 11.3 Å². The number of rotatable bonds is 2. The second kappa shape index (κ2) is 4.75. The van der Waals surface area contributed by atoms with Crippen molar-refractivity contribution < 1.29 is 9.53 Å². The highest BCUT2D eigenvalue weighted by atomic mass is 32.1. The number of fused-ring (bicyclic) bond motifs is 1. The van der Waals surface area contributed by atoms with Crippen molar-refractivity contribution in [3.05, 3.63) is 27.9 Å². The van der Waals surface area contributed by atoms with Gasteiger partial charge in [0.15, 0.2) is 10.8 Å². The largest absolute Gasteiger partial charge is 0.466 e. The highest BCUT2D eigenvalue weighted by Crippen LogP contribution is 2.30. The first-order valence-electron chi connectivity index (χ1n) is 5.98. The van der Waals surface area contributed by atoms with Crippen LogP contribution in [0.15, 0.2) is 27.8 Å². The van der Waals surface area contributed by atoms with Gasteiger partial charge in [0.2, 0.25) is 0 Å². The Morgan fingerprint density at radius 2 is 2.47 bits per heavy atom. The van der Waals surface area contributed by atoms with Crippen LogP contribution in [-0.2, 0) is 9.53 Å². The number of aliphatic imine (C=N–C) groups is 1. The topological polar surface area (TPSA) is 80.8 Å². The Labute approximate surface area is 114 Å². The van der Waals surface area contributed by atoms with Gasteiger partial charge in [-0.1, -0.05) is 0 Å². The minimum Gasteiger partial charge on any atom is -0.466 e. The summed E-state index contributed by atoms with van der Waals surface area (Å²) in [5, 5.41) is 2.77. The Balaban J connectivity index is 1.99. The third kappa shape index (κ3) is 2.04. The number of carbonyl (C=O) groups excluding carboxylic acids is 1. The molecular formula is C12H14N4O2S. The Kier molecular flexibility index (Phi) is 3.08. The van der Waals surface area contributed by atoms with Gasteiger partial charge >= 0.3 is 5.97 Å². The number of amidine groups is 1. The molecule has 2 aliphatic rings. The number of methoxy groups -OCH3 is 1. The van der Waals surface area contributed by atoms with Crippen LogP contribution in [0.4, 0.5) is 0 Å². The maximum absolute atomic E-state index is 11.8. The van der Waals surface area contributed by atoms with Crippen molar-refractivity contribution in [2.45, 2.75) is 12.5 Å². The van der Waals surface area contributed by atoms with Gasteiger partial charge in [0.1, 0.15) is 0 Å². The first kappa shape index (κ1) is 12.3. The summed E-state index contributed by atoms with van der Waals surface area (Å²) < 4.78 is 4.81. The Bertz CT molecular complexity index is 564. The molecule has 19 heavy (non-hydrogen) atoms. The van der Waals surface area contributed by atoms with Gasteiger partial charge in [0.25, 0.3) is 0 Å². The van der Waals surface area contributed by atoms with Gasteiger partial charge in [-0.15, -0.1) is 11.3 Å². The SMILES string of the molecule is COC(=O)C1=C2C[C@H](N)CN2C(c2nccs2)=NC1. The average molecular weight is 278 g/mol. The molecule has 0 saturated carbocycles. The van der Waals surface area contributed by atoms with Crippen LogP contribution in [0.1, 0.15) is 11.4 Å². The molecule has 0 bridgehead atoms. The fourth-order valence-electron chi connectivity index (χ4n) is 2.42. The molecule has 1 aromatic rings. The molecule has 0 aliphatic carbocycles. The third-order valence-electron chi connectivity index (χ3n) is 3.24. The highest BCUT2D eigenvalue weighted by Gasteiger charge is 2.36. The summed E-state index contributed by atoms with van der Waals surface area (Å²) in [5.41, 5.74) is 7.55. The molecule has 2 N–H and O–H groups in total. The zero-order chi connectivity index (χ0) is 13.4. The van der Waals surface area contributed by atoms with E-state index in [0.717, 1.165) is 16.5 Å². The van der Waals surface area contributed by atoms with Crippen molar-refractivity contribution in [1.82, 2.24) is 9.88 Å².